The van der Waals surface area contributed by atoms with Crippen molar-refractivity contribution in [1.82, 2.24) is 0 Å². The lowest BCUT2D eigenvalue weighted by Crippen LogP contribution is -2.19. The normalized spacial score (nSPS) is 12.3. The van der Waals surface area contributed by atoms with Gasteiger partial charge in [0.25, 0.3) is 0 Å². The fourth-order valence-electron chi connectivity index (χ4n) is 3.44. The predicted molar refractivity (Wildman–Crippen MR) is 129 cm³/mol. The van der Waals surface area contributed by atoms with E-state index in [1.165, 1.54) is 5.56 Å². The highest BCUT2D eigenvalue weighted by atomic mass is 16.1. The molecule has 1 amide bonds. The molecule has 0 spiro atoms. The highest BCUT2D eigenvalue weighted by molar-refractivity contribution is 5.96. The molecule has 1 N–H and O–H groups in total. The van der Waals surface area contributed by atoms with Gasteiger partial charge in [0.1, 0.15) is 0 Å². The highest BCUT2D eigenvalue weighted by Crippen LogP contribution is 2.26. The maximum Gasteiger partial charge on any atom is 0.231 e. The van der Waals surface area contributed by atoms with Gasteiger partial charge < -0.3 is 5.32 Å². The van der Waals surface area contributed by atoms with Crippen LogP contribution in [0.15, 0.2) is 77.0 Å². The molecule has 160 valence electrons. The van der Waals surface area contributed by atoms with Crippen molar-refractivity contribution >= 4 is 23.0 Å². The van der Waals surface area contributed by atoms with E-state index in [1.54, 1.807) is 0 Å². The quantitative estimate of drug-likeness (QED) is 0.397. The molecule has 0 aliphatic heterocycles. The number of rotatable bonds is 7. The van der Waals surface area contributed by atoms with E-state index in [0.29, 0.717) is 5.92 Å². The summed E-state index contributed by atoms with van der Waals surface area (Å²) in [5, 5.41) is 11.7. The summed E-state index contributed by atoms with van der Waals surface area (Å²) < 4.78 is 0. The summed E-state index contributed by atoms with van der Waals surface area (Å²) in [7, 11) is 0. The first-order valence-corrected chi connectivity index (χ1v) is 10.8. The molecule has 0 aliphatic rings. The Morgan fingerprint density at radius 2 is 1.58 bits per heavy atom. The van der Waals surface area contributed by atoms with Crippen molar-refractivity contribution < 1.29 is 4.79 Å². The van der Waals surface area contributed by atoms with Crippen molar-refractivity contribution in [3.05, 3.63) is 89.0 Å². The molecule has 0 fully saturated rings. The smallest absolute Gasteiger partial charge is 0.231 e. The van der Waals surface area contributed by atoms with E-state index in [1.807, 2.05) is 63.2 Å². The zero-order chi connectivity index (χ0) is 22.4. The highest BCUT2D eigenvalue weighted by Gasteiger charge is 2.16. The van der Waals surface area contributed by atoms with Crippen LogP contribution in [0.4, 0.5) is 17.1 Å². The summed E-state index contributed by atoms with van der Waals surface area (Å²) >= 11 is 0. The standard InChI is InChI=1S/C27H31N3O/c1-18(2)16-22-10-12-23(13-11-22)21(5)27(31)28-25-15-14-24(17-20(25)4)29-30-26-9-7-6-8-19(26)3/h6-15,17-18,21H,16H2,1-5H3,(H,28,31)/t21-/m0/s1. The number of carbonyl (C=O) groups is 1. The molecule has 0 bridgehead atoms. The van der Waals surface area contributed by atoms with Crippen molar-refractivity contribution in [3.63, 3.8) is 0 Å². The molecule has 0 saturated carbocycles. The van der Waals surface area contributed by atoms with Crippen LogP contribution < -0.4 is 5.32 Å². The molecular weight excluding hydrogens is 382 g/mol. The molecule has 3 rings (SSSR count). The van der Waals surface area contributed by atoms with Crippen LogP contribution in [-0.2, 0) is 11.2 Å². The summed E-state index contributed by atoms with van der Waals surface area (Å²) in [5.74, 6) is 0.371. The molecule has 0 aliphatic carbocycles. The zero-order valence-electron chi connectivity index (χ0n) is 19.0. The lowest BCUT2D eigenvalue weighted by atomic mass is 9.96. The van der Waals surface area contributed by atoms with E-state index in [-0.39, 0.29) is 11.8 Å². The van der Waals surface area contributed by atoms with Gasteiger partial charge in [0.2, 0.25) is 5.91 Å². The number of carbonyl (C=O) groups excluding carboxylic acids is 1. The number of amides is 1. The van der Waals surface area contributed by atoms with E-state index >= 15 is 0 Å². The second kappa shape index (κ2) is 10.2. The van der Waals surface area contributed by atoms with Crippen LogP contribution >= 0.6 is 0 Å². The van der Waals surface area contributed by atoms with Gasteiger partial charge in [0.15, 0.2) is 0 Å². The first-order valence-electron chi connectivity index (χ1n) is 10.8. The molecule has 3 aromatic rings. The molecule has 3 aromatic carbocycles. The Balaban J connectivity index is 1.66. The molecule has 4 nitrogen and oxygen atoms in total. The maximum atomic E-state index is 12.8. The van der Waals surface area contributed by atoms with E-state index in [0.717, 1.165) is 40.2 Å². The summed E-state index contributed by atoms with van der Waals surface area (Å²) in [6, 6.07) is 21.9. The Morgan fingerprint density at radius 3 is 2.23 bits per heavy atom. The minimum atomic E-state index is -0.229. The van der Waals surface area contributed by atoms with Crippen LogP contribution in [0.5, 0.6) is 0 Å². The first kappa shape index (κ1) is 22.4. The fourth-order valence-corrected chi connectivity index (χ4v) is 3.44. The average Bonchev–Trinajstić information content (AvgIpc) is 2.74. The van der Waals surface area contributed by atoms with Crippen LogP contribution in [0.1, 0.15) is 48.9 Å². The lowest BCUT2D eigenvalue weighted by molar-refractivity contribution is -0.117. The number of azo groups is 1. The molecule has 4 heteroatoms. The summed E-state index contributed by atoms with van der Waals surface area (Å²) in [4.78, 5) is 12.8. The third kappa shape index (κ3) is 6.11. The second-order valence-corrected chi connectivity index (χ2v) is 8.54. The van der Waals surface area contributed by atoms with E-state index in [9.17, 15) is 4.79 Å². The summed E-state index contributed by atoms with van der Waals surface area (Å²) in [5.41, 5.74) is 6.76. The first-order chi connectivity index (χ1) is 14.8. The molecule has 0 aromatic heterocycles. The number of anilines is 1. The Morgan fingerprint density at radius 1 is 0.871 bits per heavy atom. The van der Waals surface area contributed by atoms with Gasteiger partial charge in [-0.25, -0.2) is 0 Å². The van der Waals surface area contributed by atoms with Gasteiger partial charge >= 0.3 is 0 Å². The minimum Gasteiger partial charge on any atom is -0.325 e. The van der Waals surface area contributed by atoms with Crippen LogP contribution in [0.2, 0.25) is 0 Å². The van der Waals surface area contributed by atoms with E-state index < -0.39 is 0 Å². The fraction of sp³-hybridized carbons (Fsp3) is 0.296. The Hall–Kier alpha value is -3.27. The van der Waals surface area contributed by atoms with Crippen molar-refractivity contribution in [2.75, 3.05) is 5.32 Å². The van der Waals surface area contributed by atoms with Gasteiger partial charge in [0, 0.05) is 5.69 Å². The average molecular weight is 414 g/mol. The van der Waals surface area contributed by atoms with Crippen LogP contribution in [0, 0.1) is 19.8 Å². The topological polar surface area (TPSA) is 53.8 Å². The van der Waals surface area contributed by atoms with Gasteiger partial charge in [0.05, 0.1) is 17.3 Å². The van der Waals surface area contributed by atoms with Gasteiger partial charge in [-0.05, 0) is 79.6 Å². The third-order valence-electron chi connectivity index (χ3n) is 5.37. The Kier molecular flexibility index (Phi) is 7.35. The Labute approximate surface area is 185 Å². The van der Waals surface area contributed by atoms with Crippen molar-refractivity contribution in [2.45, 2.75) is 47.0 Å². The van der Waals surface area contributed by atoms with Crippen molar-refractivity contribution in [3.8, 4) is 0 Å². The number of hydrogen-bond acceptors (Lipinski definition) is 3. The van der Waals surface area contributed by atoms with Gasteiger partial charge in [-0.1, -0.05) is 56.3 Å². The van der Waals surface area contributed by atoms with Gasteiger partial charge in [-0.3, -0.25) is 4.79 Å². The zero-order valence-corrected chi connectivity index (χ0v) is 19.0. The number of nitrogens with zero attached hydrogens (tertiary/aromatic N) is 2. The second-order valence-electron chi connectivity index (χ2n) is 8.54. The number of hydrogen-bond donors (Lipinski definition) is 1. The largest absolute Gasteiger partial charge is 0.325 e. The van der Waals surface area contributed by atoms with Crippen LogP contribution in [-0.4, -0.2) is 5.91 Å². The van der Waals surface area contributed by atoms with Crippen LogP contribution in [0.3, 0.4) is 0 Å². The molecule has 31 heavy (non-hydrogen) atoms. The predicted octanol–water partition coefficient (Wildman–Crippen LogP) is 7.66. The summed E-state index contributed by atoms with van der Waals surface area (Å²) in [6.07, 6.45) is 1.05. The number of aryl methyl sites for hydroxylation is 2. The minimum absolute atomic E-state index is 0.0194. The monoisotopic (exact) mass is 413 g/mol. The third-order valence-corrected chi connectivity index (χ3v) is 5.37. The maximum absolute atomic E-state index is 12.8. The van der Waals surface area contributed by atoms with Crippen LogP contribution in [0.25, 0.3) is 0 Å². The molecule has 0 heterocycles. The SMILES string of the molecule is Cc1ccccc1N=Nc1ccc(NC(=O)[C@@H](C)c2ccc(CC(C)C)cc2)c(C)c1. The molecule has 0 radical (unpaired) electrons. The van der Waals surface area contributed by atoms with E-state index in [2.05, 4.69) is 53.7 Å². The summed E-state index contributed by atoms with van der Waals surface area (Å²) in [6.45, 7) is 10.3. The lowest BCUT2D eigenvalue weighted by Gasteiger charge is -2.15. The Bertz CT molecular complexity index is 1070. The van der Waals surface area contributed by atoms with E-state index in [4.69, 9.17) is 0 Å². The van der Waals surface area contributed by atoms with Crippen molar-refractivity contribution in [2.24, 2.45) is 16.1 Å². The van der Waals surface area contributed by atoms with Crippen molar-refractivity contribution in [1.29, 1.82) is 0 Å². The number of benzene rings is 3. The molecule has 0 unspecified atom stereocenters. The van der Waals surface area contributed by atoms with Gasteiger partial charge in [-0.15, -0.1) is 0 Å². The number of nitrogens with one attached hydrogen (secondary N) is 1. The molecular formula is C27H31N3O. The molecule has 1 atom stereocenters. The molecule has 0 saturated heterocycles. The van der Waals surface area contributed by atoms with Gasteiger partial charge in [-0.2, -0.15) is 10.2 Å².